The van der Waals surface area contributed by atoms with E-state index in [1.807, 2.05) is 36.4 Å². The monoisotopic (exact) mass is 426 g/mol. The van der Waals surface area contributed by atoms with Gasteiger partial charge in [0.25, 0.3) is 0 Å². The number of rotatable bonds is 7. The van der Waals surface area contributed by atoms with Crippen LogP contribution in [0.1, 0.15) is 17.5 Å². The number of hydrogen-bond donors (Lipinski definition) is 0. The highest BCUT2D eigenvalue weighted by molar-refractivity contribution is 6.36. The van der Waals surface area contributed by atoms with Crippen LogP contribution < -0.4 is 4.74 Å². The van der Waals surface area contributed by atoms with Crippen LogP contribution in [0.15, 0.2) is 36.4 Å². The molecule has 3 nitrogen and oxygen atoms in total. The number of hydrogen-bond acceptors (Lipinski definition) is 3. The molecule has 2 aromatic rings. The van der Waals surface area contributed by atoms with Crippen molar-refractivity contribution in [3.05, 3.63) is 62.6 Å². The first-order chi connectivity index (χ1) is 13.0. The van der Waals surface area contributed by atoms with E-state index in [0.29, 0.717) is 16.7 Å². The highest BCUT2D eigenvalue weighted by Crippen LogP contribution is 2.29. The topological polar surface area (TPSA) is 15.7 Å². The Morgan fingerprint density at radius 2 is 1.67 bits per heavy atom. The predicted octanol–water partition coefficient (Wildman–Crippen LogP) is 5.41. The molecule has 0 aliphatic carbocycles. The molecule has 0 unspecified atom stereocenters. The lowest BCUT2D eigenvalue weighted by atomic mass is 10.1. The smallest absolute Gasteiger partial charge is 0.123 e. The third-order valence-corrected chi connectivity index (χ3v) is 5.92. The van der Waals surface area contributed by atoms with Gasteiger partial charge in [0.05, 0.1) is 0 Å². The Kier molecular flexibility index (Phi) is 7.68. The zero-order chi connectivity index (χ0) is 19.2. The van der Waals surface area contributed by atoms with Crippen molar-refractivity contribution in [1.82, 2.24) is 9.80 Å². The fraction of sp³-hybridized carbons (Fsp3) is 0.429. The number of nitrogens with zero attached hydrogens (tertiary/aromatic N) is 2. The SMILES string of the molecule is CN1CCN(CCCc2cc(Cl)ccc2OCc2c(Cl)cccc2Cl)CC1. The molecule has 0 spiro atoms. The predicted molar refractivity (Wildman–Crippen MR) is 115 cm³/mol. The summed E-state index contributed by atoms with van der Waals surface area (Å²) in [5.74, 6) is 0.841. The van der Waals surface area contributed by atoms with Gasteiger partial charge in [-0.05, 0) is 62.3 Å². The number of benzene rings is 2. The second-order valence-electron chi connectivity index (χ2n) is 6.99. The molecule has 1 heterocycles. The lowest BCUT2D eigenvalue weighted by molar-refractivity contribution is 0.153. The van der Waals surface area contributed by atoms with E-state index in [4.69, 9.17) is 39.5 Å². The van der Waals surface area contributed by atoms with E-state index < -0.39 is 0 Å². The second kappa shape index (κ2) is 9.99. The molecule has 3 rings (SSSR count). The number of likely N-dealkylation sites (N-methyl/N-ethyl adjacent to an activating group) is 1. The molecule has 1 aliphatic rings. The quantitative estimate of drug-likeness (QED) is 0.588. The number of aryl methyl sites for hydroxylation is 1. The molecule has 0 aromatic heterocycles. The van der Waals surface area contributed by atoms with Gasteiger partial charge in [-0.3, -0.25) is 0 Å². The van der Waals surface area contributed by atoms with Gasteiger partial charge in [-0.1, -0.05) is 40.9 Å². The molecular weight excluding hydrogens is 403 g/mol. The Morgan fingerprint density at radius 1 is 0.963 bits per heavy atom. The third-order valence-electron chi connectivity index (χ3n) is 4.97. The first-order valence-corrected chi connectivity index (χ1v) is 10.4. The summed E-state index contributed by atoms with van der Waals surface area (Å²) in [7, 11) is 2.18. The minimum absolute atomic E-state index is 0.339. The van der Waals surface area contributed by atoms with E-state index >= 15 is 0 Å². The molecule has 0 N–H and O–H groups in total. The summed E-state index contributed by atoms with van der Waals surface area (Å²) in [5, 5.41) is 1.97. The van der Waals surface area contributed by atoms with Gasteiger partial charge in [0.1, 0.15) is 12.4 Å². The minimum atomic E-state index is 0.339. The van der Waals surface area contributed by atoms with Crippen molar-refractivity contribution < 1.29 is 4.74 Å². The molecule has 0 amide bonds. The summed E-state index contributed by atoms with van der Waals surface area (Å²) in [4.78, 5) is 4.90. The molecule has 1 saturated heterocycles. The summed E-state index contributed by atoms with van der Waals surface area (Å²) in [6, 6.07) is 11.3. The standard InChI is InChI=1S/C21H25Cl3N2O/c1-25-10-12-26(13-11-25)9-3-4-16-14-17(22)7-8-21(16)27-15-18-19(23)5-2-6-20(18)24/h2,5-8,14H,3-4,9-13,15H2,1H3. The zero-order valence-corrected chi connectivity index (χ0v) is 17.8. The normalized spacial score (nSPS) is 15.9. The number of ether oxygens (including phenoxy) is 1. The van der Waals surface area contributed by atoms with E-state index in [1.165, 1.54) is 0 Å². The molecule has 0 radical (unpaired) electrons. The summed E-state index contributed by atoms with van der Waals surface area (Å²) >= 11 is 18.7. The maximum absolute atomic E-state index is 6.25. The van der Waals surface area contributed by atoms with Gasteiger partial charge in [-0.2, -0.15) is 0 Å². The van der Waals surface area contributed by atoms with Crippen LogP contribution in [-0.2, 0) is 13.0 Å². The fourth-order valence-corrected chi connectivity index (χ4v) is 3.97. The van der Waals surface area contributed by atoms with Gasteiger partial charge in [0.15, 0.2) is 0 Å². The van der Waals surface area contributed by atoms with E-state index in [1.54, 1.807) is 0 Å². The Morgan fingerprint density at radius 3 is 2.37 bits per heavy atom. The van der Waals surface area contributed by atoms with E-state index in [-0.39, 0.29) is 0 Å². The van der Waals surface area contributed by atoms with Crippen LogP contribution >= 0.6 is 34.8 Å². The summed E-state index contributed by atoms with van der Waals surface area (Å²) in [5.41, 5.74) is 1.93. The highest BCUT2D eigenvalue weighted by atomic mass is 35.5. The Labute approximate surface area is 176 Å². The lowest BCUT2D eigenvalue weighted by Gasteiger charge is -2.32. The summed E-state index contributed by atoms with van der Waals surface area (Å²) in [6.07, 6.45) is 2.01. The van der Waals surface area contributed by atoms with Crippen LogP contribution in [0, 0.1) is 0 Å². The molecular formula is C21H25Cl3N2O. The first-order valence-electron chi connectivity index (χ1n) is 9.28. The number of piperazine rings is 1. The Balaban J connectivity index is 1.59. The fourth-order valence-electron chi connectivity index (χ4n) is 3.27. The molecule has 0 atom stereocenters. The number of halogens is 3. The minimum Gasteiger partial charge on any atom is -0.489 e. The van der Waals surface area contributed by atoms with Crippen LogP contribution in [0.2, 0.25) is 15.1 Å². The van der Waals surface area contributed by atoms with Crippen molar-refractivity contribution in [2.45, 2.75) is 19.4 Å². The first kappa shape index (κ1) is 20.8. The molecule has 1 aliphatic heterocycles. The van der Waals surface area contributed by atoms with Gasteiger partial charge >= 0.3 is 0 Å². The van der Waals surface area contributed by atoms with Crippen molar-refractivity contribution in [2.75, 3.05) is 39.8 Å². The third kappa shape index (κ3) is 6.00. The van der Waals surface area contributed by atoms with Crippen LogP contribution in [0.3, 0.4) is 0 Å². The largest absolute Gasteiger partial charge is 0.489 e. The van der Waals surface area contributed by atoms with E-state index in [9.17, 15) is 0 Å². The van der Waals surface area contributed by atoms with Gasteiger partial charge in [0.2, 0.25) is 0 Å². The molecule has 1 fully saturated rings. The molecule has 146 valence electrons. The molecule has 27 heavy (non-hydrogen) atoms. The summed E-state index contributed by atoms with van der Waals surface area (Å²) in [6.45, 7) is 6.00. The van der Waals surface area contributed by atoms with Crippen molar-refractivity contribution in [1.29, 1.82) is 0 Å². The lowest BCUT2D eigenvalue weighted by Crippen LogP contribution is -2.44. The van der Waals surface area contributed by atoms with Gasteiger partial charge < -0.3 is 14.5 Å². The highest BCUT2D eigenvalue weighted by Gasteiger charge is 2.14. The van der Waals surface area contributed by atoms with Crippen molar-refractivity contribution in [2.24, 2.45) is 0 Å². The Bertz CT molecular complexity index is 741. The molecule has 0 saturated carbocycles. The van der Waals surface area contributed by atoms with E-state index in [0.717, 1.165) is 67.5 Å². The average Bonchev–Trinajstić information content (AvgIpc) is 2.64. The van der Waals surface area contributed by atoms with Crippen LogP contribution in [0.5, 0.6) is 5.75 Å². The molecule has 0 bridgehead atoms. The maximum atomic E-state index is 6.25. The average molecular weight is 428 g/mol. The van der Waals surface area contributed by atoms with E-state index in [2.05, 4.69) is 16.8 Å². The van der Waals surface area contributed by atoms with Gasteiger partial charge in [-0.25, -0.2) is 0 Å². The van der Waals surface area contributed by atoms with Crippen LogP contribution in [-0.4, -0.2) is 49.6 Å². The van der Waals surface area contributed by atoms with Crippen molar-refractivity contribution in [3.63, 3.8) is 0 Å². The molecule has 2 aromatic carbocycles. The molecule has 6 heteroatoms. The second-order valence-corrected chi connectivity index (χ2v) is 8.24. The summed E-state index contributed by atoms with van der Waals surface area (Å²) < 4.78 is 6.05. The van der Waals surface area contributed by atoms with Gasteiger partial charge in [-0.15, -0.1) is 0 Å². The Hall–Kier alpha value is -0.970. The zero-order valence-electron chi connectivity index (χ0n) is 15.6. The van der Waals surface area contributed by atoms with Gasteiger partial charge in [0, 0.05) is 46.8 Å². The van der Waals surface area contributed by atoms with Crippen molar-refractivity contribution in [3.8, 4) is 5.75 Å². The van der Waals surface area contributed by atoms with Crippen molar-refractivity contribution >= 4 is 34.8 Å². The van der Waals surface area contributed by atoms with Crippen LogP contribution in [0.4, 0.5) is 0 Å². The van der Waals surface area contributed by atoms with Crippen LogP contribution in [0.25, 0.3) is 0 Å². The maximum Gasteiger partial charge on any atom is 0.123 e.